The fourth-order valence-corrected chi connectivity index (χ4v) is 2.79. The van der Waals surface area contributed by atoms with E-state index in [-0.39, 0.29) is 5.54 Å². The number of hydrogen-bond acceptors (Lipinski definition) is 1. The van der Waals surface area contributed by atoms with Crippen molar-refractivity contribution in [3.63, 3.8) is 0 Å². The lowest BCUT2D eigenvalue weighted by molar-refractivity contribution is -0.134. The summed E-state index contributed by atoms with van der Waals surface area (Å²) in [6.45, 7) is 5.29. The average Bonchev–Trinajstić information content (AvgIpc) is 2.70. The number of aryl methyl sites for hydroxylation is 1. The van der Waals surface area contributed by atoms with Crippen LogP contribution in [-0.4, -0.2) is 22.9 Å². The Hall–Kier alpha value is -1.31. The lowest BCUT2D eigenvalue weighted by Gasteiger charge is -2.31. The van der Waals surface area contributed by atoms with Gasteiger partial charge >= 0.3 is 0 Å². The van der Waals surface area contributed by atoms with E-state index in [0.29, 0.717) is 12.3 Å². The lowest BCUT2D eigenvalue weighted by atomic mass is 10.0. The summed E-state index contributed by atoms with van der Waals surface area (Å²) in [4.78, 5) is 14.2. The van der Waals surface area contributed by atoms with E-state index >= 15 is 0 Å². The van der Waals surface area contributed by atoms with Crippen molar-refractivity contribution in [2.75, 3.05) is 6.54 Å². The van der Waals surface area contributed by atoms with E-state index in [1.165, 1.54) is 5.56 Å². The smallest absolute Gasteiger partial charge is 0.223 e. The van der Waals surface area contributed by atoms with Gasteiger partial charge in [-0.25, -0.2) is 0 Å². The van der Waals surface area contributed by atoms with Crippen LogP contribution in [-0.2, 0) is 11.2 Å². The van der Waals surface area contributed by atoms with Gasteiger partial charge in [0.1, 0.15) is 0 Å². The summed E-state index contributed by atoms with van der Waals surface area (Å²) in [5.41, 5.74) is 1.40. The Labute approximate surface area is 110 Å². The molecule has 1 saturated heterocycles. The third kappa shape index (κ3) is 3.12. The van der Waals surface area contributed by atoms with Gasteiger partial charge in [0.15, 0.2) is 0 Å². The maximum atomic E-state index is 12.2. The number of carbonyl (C=O) groups is 1. The fraction of sp³-hybridized carbons (Fsp3) is 0.562. The van der Waals surface area contributed by atoms with E-state index < -0.39 is 0 Å². The van der Waals surface area contributed by atoms with Gasteiger partial charge in [0.05, 0.1) is 0 Å². The highest BCUT2D eigenvalue weighted by molar-refractivity contribution is 5.77. The molecule has 0 spiro atoms. The Bertz CT molecular complexity index is 397. The van der Waals surface area contributed by atoms with Crippen LogP contribution in [0.15, 0.2) is 30.3 Å². The van der Waals surface area contributed by atoms with Gasteiger partial charge in [0.25, 0.3) is 0 Å². The Balaban J connectivity index is 1.79. The molecular weight excluding hydrogens is 222 g/mol. The van der Waals surface area contributed by atoms with Crippen molar-refractivity contribution in [1.29, 1.82) is 0 Å². The number of hydrogen-bond donors (Lipinski definition) is 0. The van der Waals surface area contributed by atoms with Crippen LogP contribution >= 0.6 is 0 Å². The first-order valence-electron chi connectivity index (χ1n) is 6.94. The largest absolute Gasteiger partial charge is 0.338 e. The molecule has 2 nitrogen and oxygen atoms in total. The minimum atomic E-state index is 0.0732. The summed E-state index contributed by atoms with van der Waals surface area (Å²) in [7, 11) is 0. The van der Waals surface area contributed by atoms with Gasteiger partial charge < -0.3 is 4.90 Å². The number of amides is 1. The monoisotopic (exact) mass is 245 g/mol. The van der Waals surface area contributed by atoms with Crippen molar-refractivity contribution in [3.05, 3.63) is 35.9 Å². The molecule has 2 rings (SSSR count). The van der Waals surface area contributed by atoms with Gasteiger partial charge in [-0.15, -0.1) is 0 Å². The molecule has 1 amide bonds. The zero-order valence-electron chi connectivity index (χ0n) is 11.5. The number of carbonyl (C=O) groups excluding carboxylic acids is 1. The summed E-state index contributed by atoms with van der Waals surface area (Å²) >= 11 is 0. The van der Waals surface area contributed by atoms with Crippen molar-refractivity contribution < 1.29 is 4.79 Å². The Morgan fingerprint density at radius 1 is 1.28 bits per heavy atom. The topological polar surface area (TPSA) is 20.3 Å². The van der Waals surface area contributed by atoms with Crippen LogP contribution in [0.2, 0.25) is 0 Å². The predicted molar refractivity (Wildman–Crippen MR) is 74.4 cm³/mol. The second-order valence-electron chi connectivity index (χ2n) is 5.80. The molecule has 2 heteroatoms. The summed E-state index contributed by atoms with van der Waals surface area (Å²) < 4.78 is 0. The Morgan fingerprint density at radius 3 is 2.61 bits per heavy atom. The van der Waals surface area contributed by atoms with Gasteiger partial charge in [-0.2, -0.15) is 0 Å². The van der Waals surface area contributed by atoms with E-state index in [4.69, 9.17) is 0 Å². The predicted octanol–water partition coefficient (Wildman–Crippen LogP) is 3.41. The molecule has 1 aliphatic rings. The Morgan fingerprint density at radius 2 is 2.00 bits per heavy atom. The molecule has 1 heterocycles. The average molecular weight is 245 g/mol. The van der Waals surface area contributed by atoms with Crippen molar-refractivity contribution in [3.8, 4) is 0 Å². The highest BCUT2D eigenvalue weighted by Crippen LogP contribution is 2.28. The lowest BCUT2D eigenvalue weighted by Crippen LogP contribution is -2.42. The second kappa shape index (κ2) is 5.55. The molecular formula is C16H23NO. The fourth-order valence-electron chi connectivity index (χ4n) is 2.79. The number of likely N-dealkylation sites (tertiary alicyclic amines) is 1. The van der Waals surface area contributed by atoms with Crippen LogP contribution in [0.3, 0.4) is 0 Å². The molecule has 98 valence electrons. The first kappa shape index (κ1) is 13.1. The minimum Gasteiger partial charge on any atom is -0.338 e. The second-order valence-corrected chi connectivity index (χ2v) is 5.80. The van der Waals surface area contributed by atoms with Gasteiger partial charge in [-0.1, -0.05) is 30.3 Å². The van der Waals surface area contributed by atoms with Crippen molar-refractivity contribution in [1.82, 2.24) is 4.90 Å². The molecule has 0 aliphatic carbocycles. The van der Waals surface area contributed by atoms with Gasteiger partial charge in [0, 0.05) is 18.5 Å². The summed E-state index contributed by atoms with van der Waals surface area (Å²) in [6, 6.07) is 10.4. The molecule has 0 aromatic heterocycles. The summed E-state index contributed by atoms with van der Waals surface area (Å²) in [5, 5.41) is 0. The molecule has 1 fully saturated rings. The van der Waals surface area contributed by atoms with Crippen LogP contribution in [0.5, 0.6) is 0 Å². The molecule has 1 aliphatic heterocycles. The van der Waals surface area contributed by atoms with E-state index in [9.17, 15) is 4.79 Å². The standard InChI is InChI=1S/C16H23NO/c1-16(2)12-7-13-17(16)15(18)11-6-10-14-8-4-3-5-9-14/h3-5,8-9H,6-7,10-13H2,1-2H3. The van der Waals surface area contributed by atoms with E-state index in [0.717, 1.165) is 32.2 Å². The molecule has 18 heavy (non-hydrogen) atoms. The van der Waals surface area contributed by atoms with E-state index in [2.05, 4.69) is 43.0 Å². The number of nitrogens with zero attached hydrogens (tertiary/aromatic N) is 1. The van der Waals surface area contributed by atoms with E-state index in [1.54, 1.807) is 0 Å². The van der Waals surface area contributed by atoms with Crippen LogP contribution < -0.4 is 0 Å². The van der Waals surface area contributed by atoms with Crippen LogP contribution in [0, 0.1) is 0 Å². The number of benzene rings is 1. The summed E-state index contributed by atoms with van der Waals surface area (Å²) in [5.74, 6) is 0.327. The molecule has 0 unspecified atom stereocenters. The SMILES string of the molecule is CC1(C)CCCN1C(=O)CCCc1ccccc1. The normalized spacial score (nSPS) is 18.0. The quantitative estimate of drug-likeness (QED) is 0.796. The maximum absolute atomic E-state index is 12.2. The molecule has 1 aromatic carbocycles. The first-order chi connectivity index (χ1) is 8.59. The molecule has 0 saturated carbocycles. The Kier molecular flexibility index (Phi) is 4.05. The zero-order valence-corrected chi connectivity index (χ0v) is 11.5. The van der Waals surface area contributed by atoms with Crippen LogP contribution in [0.4, 0.5) is 0 Å². The maximum Gasteiger partial charge on any atom is 0.223 e. The minimum absolute atomic E-state index is 0.0732. The molecule has 0 bridgehead atoms. The van der Waals surface area contributed by atoms with Crippen molar-refractivity contribution in [2.45, 2.75) is 51.5 Å². The van der Waals surface area contributed by atoms with Crippen LogP contribution in [0.25, 0.3) is 0 Å². The van der Waals surface area contributed by atoms with Gasteiger partial charge in [-0.3, -0.25) is 4.79 Å². The van der Waals surface area contributed by atoms with Crippen LogP contribution in [0.1, 0.15) is 45.1 Å². The molecule has 0 N–H and O–H groups in total. The zero-order chi connectivity index (χ0) is 13.0. The molecule has 0 atom stereocenters. The van der Waals surface area contributed by atoms with Crippen molar-refractivity contribution >= 4 is 5.91 Å². The third-order valence-electron chi connectivity index (χ3n) is 3.90. The third-order valence-corrected chi connectivity index (χ3v) is 3.90. The van der Waals surface area contributed by atoms with Crippen molar-refractivity contribution in [2.24, 2.45) is 0 Å². The highest BCUT2D eigenvalue weighted by Gasteiger charge is 2.34. The van der Waals surface area contributed by atoms with Gasteiger partial charge in [0.2, 0.25) is 5.91 Å². The first-order valence-corrected chi connectivity index (χ1v) is 6.94. The highest BCUT2D eigenvalue weighted by atomic mass is 16.2. The molecule has 1 aromatic rings. The summed E-state index contributed by atoms with van der Waals surface area (Å²) in [6.07, 6.45) is 4.92. The number of rotatable bonds is 4. The van der Waals surface area contributed by atoms with Gasteiger partial charge in [-0.05, 0) is 45.1 Å². The van der Waals surface area contributed by atoms with E-state index in [1.807, 2.05) is 6.07 Å². The molecule has 0 radical (unpaired) electrons.